The van der Waals surface area contributed by atoms with Crippen molar-refractivity contribution in [1.29, 1.82) is 0 Å². The molecule has 2 aromatic heterocycles. The minimum atomic E-state index is -2.46. The number of imidazole rings is 1. The van der Waals surface area contributed by atoms with E-state index in [1.807, 2.05) is 11.5 Å². The van der Waals surface area contributed by atoms with Gasteiger partial charge in [-0.25, -0.2) is 19.2 Å². The summed E-state index contributed by atoms with van der Waals surface area (Å²) in [5.74, 6) is 1.85. The molecule has 2 saturated heterocycles. The Labute approximate surface area is 182 Å². The van der Waals surface area contributed by atoms with E-state index in [1.54, 1.807) is 12.7 Å². The van der Waals surface area contributed by atoms with Gasteiger partial charge in [0.1, 0.15) is 11.8 Å². The molecule has 0 bridgehead atoms. The Hall–Kier alpha value is -2.07. The Balaban J connectivity index is 1.27. The Kier molecular flexibility index (Phi) is 5.24. The van der Waals surface area contributed by atoms with Crippen LogP contribution in [-0.2, 0) is 25.8 Å². The number of rotatable bonds is 4. The molecule has 1 spiro atoms. The SMILES string of the molecule is CCn1cnc2c(NC3CCOC4(CCS(=O)(=NC(=O)[C@@H]5C[C@H]5C)CC4)C3)ncnc21. The molecule has 3 atom stereocenters. The summed E-state index contributed by atoms with van der Waals surface area (Å²) in [5, 5.41) is 3.56. The van der Waals surface area contributed by atoms with E-state index in [9.17, 15) is 9.00 Å². The Morgan fingerprint density at radius 2 is 2.13 bits per heavy atom. The average Bonchev–Trinajstić information content (AvgIpc) is 3.34. The van der Waals surface area contributed by atoms with E-state index in [0.717, 1.165) is 42.8 Å². The molecule has 10 heteroatoms. The molecule has 0 aromatic carbocycles. The lowest BCUT2D eigenvalue weighted by molar-refractivity contribution is -0.119. The van der Waals surface area contributed by atoms with Crippen molar-refractivity contribution >= 4 is 32.6 Å². The summed E-state index contributed by atoms with van der Waals surface area (Å²) < 4.78 is 25.5. The molecule has 9 nitrogen and oxygen atoms in total. The first kappa shape index (κ1) is 20.8. The van der Waals surface area contributed by atoms with Crippen LogP contribution in [0.1, 0.15) is 46.0 Å². The molecule has 5 rings (SSSR count). The number of amides is 1. The van der Waals surface area contributed by atoms with Crippen LogP contribution >= 0.6 is 0 Å². The molecule has 3 aliphatic rings. The van der Waals surface area contributed by atoms with E-state index in [-0.39, 0.29) is 23.5 Å². The third-order valence-corrected chi connectivity index (χ3v) is 9.21. The van der Waals surface area contributed by atoms with Crippen molar-refractivity contribution in [3.63, 3.8) is 0 Å². The maximum absolute atomic E-state index is 13.1. The predicted octanol–water partition coefficient (Wildman–Crippen LogP) is 2.62. The minimum absolute atomic E-state index is 0.00500. The lowest BCUT2D eigenvalue weighted by Gasteiger charge is -2.44. The first-order chi connectivity index (χ1) is 14.9. The second-order valence-electron chi connectivity index (χ2n) is 9.22. The number of anilines is 1. The van der Waals surface area contributed by atoms with Gasteiger partial charge in [0.05, 0.1) is 21.7 Å². The number of carbonyl (C=O) groups is 1. The van der Waals surface area contributed by atoms with Gasteiger partial charge in [-0.15, -0.1) is 0 Å². The van der Waals surface area contributed by atoms with Gasteiger partial charge in [0.2, 0.25) is 0 Å². The van der Waals surface area contributed by atoms with Crippen LogP contribution < -0.4 is 5.32 Å². The topological polar surface area (TPSA) is 111 Å². The van der Waals surface area contributed by atoms with E-state index in [2.05, 4.69) is 31.6 Å². The van der Waals surface area contributed by atoms with Gasteiger partial charge in [0.25, 0.3) is 5.91 Å². The second-order valence-corrected chi connectivity index (χ2v) is 11.8. The first-order valence-corrected chi connectivity index (χ1v) is 13.1. The van der Waals surface area contributed by atoms with Gasteiger partial charge in [-0.05, 0) is 44.9 Å². The highest BCUT2D eigenvalue weighted by atomic mass is 32.2. The summed E-state index contributed by atoms with van der Waals surface area (Å²) in [6.07, 6.45) is 7.28. The second kappa shape index (κ2) is 7.81. The van der Waals surface area contributed by atoms with Crippen LogP contribution in [0.5, 0.6) is 0 Å². The third kappa shape index (κ3) is 4.07. The van der Waals surface area contributed by atoms with E-state index >= 15 is 0 Å². The van der Waals surface area contributed by atoms with E-state index in [1.165, 1.54) is 0 Å². The average molecular weight is 447 g/mol. The van der Waals surface area contributed by atoms with Crippen LogP contribution in [-0.4, -0.2) is 59.4 Å². The van der Waals surface area contributed by atoms with Crippen molar-refractivity contribution in [3.8, 4) is 0 Å². The number of nitrogens with zero attached hydrogens (tertiary/aromatic N) is 5. The number of hydrogen-bond donors (Lipinski definition) is 1. The van der Waals surface area contributed by atoms with Gasteiger partial charge >= 0.3 is 0 Å². The summed E-state index contributed by atoms with van der Waals surface area (Å²) in [4.78, 5) is 25.5. The zero-order valence-electron chi connectivity index (χ0n) is 18.1. The summed E-state index contributed by atoms with van der Waals surface area (Å²) >= 11 is 0. The van der Waals surface area contributed by atoms with Crippen molar-refractivity contribution in [2.24, 2.45) is 16.2 Å². The predicted molar refractivity (Wildman–Crippen MR) is 118 cm³/mol. The zero-order valence-corrected chi connectivity index (χ0v) is 18.9. The summed E-state index contributed by atoms with van der Waals surface area (Å²) in [5.41, 5.74) is 1.30. The van der Waals surface area contributed by atoms with E-state index < -0.39 is 9.73 Å². The lowest BCUT2D eigenvalue weighted by Crippen LogP contribution is -2.49. The maximum atomic E-state index is 13.1. The van der Waals surface area contributed by atoms with E-state index in [4.69, 9.17) is 4.74 Å². The maximum Gasteiger partial charge on any atom is 0.257 e. The van der Waals surface area contributed by atoms with Crippen molar-refractivity contribution < 1.29 is 13.7 Å². The third-order valence-electron chi connectivity index (χ3n) is 7.01. The molecule has 1 N–H and O–H groups in total. The highest BCUT2D eigenvalue weighted by Gasteiger charge is 2.44. The molecule has 1 amide bonds. The number of nitrogens with one attached hydrogen (secondary N) is 1. The van der Waals surface area contributed by atoms with Crippen LogP contribution in [0.4, 0.5) is 5.82 Å². The van der Waals surface area contributed by atoms with Gasteiger partial charge in [0, 0.05) is 36.6 Å². The Morgan fingerprint density at radius 1 is 1.35 bits per heavy atom. The van der Waals surface area contributed by atoms with Crippen molar-refractivity contribution in [2.45, 2.75) is 64.1 Å². The standard InChI is InChI=1S/C21H30N6O3S/c1-3-27-13-24-17-18(22-12-23-19(17)27)25-15-4-7-30-21(11-15)5-8-31(29,9-6-21)26-20(28)16-10-14(16)2/h12-16H,3-11H2,1-2H3,(H,22,23,25)/t14-,15?,16-,21?,31?/m1/s1. The molecule has 1 aliphatic carbocycles. The van der Waals surface area contributed by atoms with Crippen molar-refractivity contribution in [3.05, 3.63) is 12.7 Å². The highest BCUT2D eigenvalue weighted by Crippen LogP contribution is 2.40. The molecule has 1 saturated carbocycles. The van der Waals surface area contributed by atoms with Crippen LogP contribution in [0.15, 0.2) is 17.0 Å². The van der Waals surface area contributed by atoms with E-state index in [0.29, 0.717) is 36.9 Å². The molecular formula is C21H30N6O3S. The largest absolute Gasteiger partial charge is 0.375 e. The number of fused-ring (bicyclic) bond motifs is 1. The van der Waals surface area contributed by atoms with Crippen LogP contribution in [0, 0.1) is 11.8 Å². The van der Waals surface area contributed by atoms with Crippen molar-refractivity contribution in [1.82, 2.24) is 19.5 Å². The summed E-state index contributed by atoms with van der Waals surface area (Å²) in [6.45, 7) is 5.55. The first-order valence-electron chi connectivity index (χ1n) is 11.2. The van der Waals surface area contributed by atoms with Gasteiger partial charge in [-0.1, -0.05) is 6.92 Å². The highest BCUT2D eigenvalue weighted by molar-refractivity contribution is 7.93. The van der Waals surface area contributed by atoms with Gasteiger partial charge in [-0.2, -0.15) is 4.36 Å². The number of aryl methyl sites for hydroxylation is 1. The molecule has 3 fully saturated rings. The van der Waals surface area contributed by atoms with Crippen LogP contribution in [0.3, 0.4) is 0 Å². The van der Waals surface area contributed by atoms with Crippen molar-refractivity contribution in [2.75, 3.05) is 23.4 Å². The monoisotopic (exact) mass is 446 g/mol. The van der Waals surface area contributed by atoms with Crippen LogP contribution in [0.2, 0.25) is 0 Å². The number of hydrogen-bond acceptors (Lipinski definition) is 7. The Morgan fingerprint density at radius 3 is 2.84 bits per heavy atom. The normalized spacial score (nSPS) is 35.2. The number of aromatic nitrogens is 4. The molecule has 0 radical (unpaired) electrons. The van der Waals surface area contributed by atoms with Gasteiger partial charge < -0.3 is 14.6 Å². The molecular weight excluding hydrogens is 416 g/mol. The molecule has 4 heterocycles. The zero-order chi connectivity index (χ0) is 21.6. The minimum Gasteiger partial charge on any atom is -0.375 e. The molecule has 168 valence electrons. The molecule has 31 heavy (non-hydrogen) atoms. The fourth-order valence-corrected chi connectivity index (χ4v) is 7.05. The molecule has 2 aromatic rings. The quantitative estimate of drug-likeness (QED) is 0.768. The fraction of sp³-hybridized carbons (Fsp3) is 0.714. The Bertz CT molecular complexity index is 1110. The summed E-state index contributed by atoms with van der Waals surface area (Å²) in [6, 6.07) is 0.193. The summed E-state index contributed by atoms with van der Waals surface area (Å²) in [7, 11) is -2.46. The fourth-order valence-electron chi connectivity index (χ4n) is 4.82. The van der Waals surface area contributed by atoms with Gasteiger partial charge in [0.15, 0.2) is 11.5 Å². The molecule has 1 unspecified atom stereocenters. The smallest absolute Gasteiger partial charge is 0.257 e. The number of ether oxygens (including phenoxy) is 1. The number of carbonyl (C=O) groups excluding carboxylic acids is 1. The van der Waals surface area contributed by atoms with Crippen LogP contribution in [0.25, 0.3) is 11.2 Å². The molecule has 2 aliphatic heterocycles. The lowest BCUT2D eigenvalue weighted by atomic mass is 9.85. The van der Waals surface area contributed by atoms with Gasteiger partial charge in [-0.3, -0.25) is 4.79 Å².